The predicted molar refractivity (Wildman–Crippen MR) is 120 cm³/mol. The molecule has 0 aromatic carbocycles. The van der Waals surface area contributed by atoms with E-state index in [2.05, 4.69) is 47.8 Å². The number of aliphatic imine (C=N–C) groups is 1. The molecule has 31 heavy (non-hydrogen) atoms. The summed E-state index contributed by atoms with van der Waals surface area (Å²) in [5, 5.41) is 5.71. The molecule has 2 N–H and O–H groups in total. The van der Waals surface area contributed by atoms with Gasteiger partial charge < -0.3 is 10.6 Å². The van der Waals surface area contributed by atoms with Crippen LogP contribution in [0.25, 0.3) is 11.0 Å². The van der Waals surface area contributed by atoms with Crippen molar-refractivity contribution in [3.05, 3.63) is 66.7 Å². The number of likely N-dealkylation sites (tertiary alicyclic amines) is 1. The molecular formula is C23H24N7O. The van der Waals surface area contributed by atoms with Gasteiger partial charge in [-0.1, -0.05) is 37.8 Å². The third-order valence-electron chi connectivity index (χ3n) is 6.15. The highest BCUT2D eigenvalue weighted by Gasteiger charge is 2.32. The largest absolute Gasteiger partial charge is 0.383 e. The van der Waals surface area contributed by atoms with Gasteiger partial charge in [0, 0.05) is 24.7 Å². The Morgan fingerprint density at radius 3 is 3.06 bits per heavy atom. The Morgan fingerprint density at radius 1 is 1.35 bits per heavy atom. The summed E-state index contributed by atoms with van der Waals surface area (Å²) in [6.45, 7) is 6.91. The highest BCUT2D eigenvalue weighted by Crippen LogP contribution is 2.35. The van der Waals surface area contributed by atoms with Crippen molar-refractivity contribution in [1.82, 2.24) is 24.6 Å². The number of allylic oxidation sites excluding steroid dienone is 3. The summed E-state index contributed by atoms with van der Waals surface area (Å²) in [6.07, 6.45) is 14.8. The number of nitrogens with two attached hydrogens (primary N) is 1. The first kappa shape index (κ1) is 19.4. The van der Waals surface area contributed by atoms with Crippen LogP contribution in [0.15, 0.2) is 59.9 Å². The number of nitrogen functional groups attached to an aromatic ring is 1. The Balaban J connectivity index is 1.53. The molecule has 1 radical (unpaired) electrons. The molecule has 2 unspecified atom stereocenters. The van der Waals surface area contributed by atoms with Crippen LogP contribution in [-0.2, 0) is 4.79 Å². The summed E-state index contributed by atoms with van der Waals surface area (Å²) in [4.78, 5) is 27.4. The molecule has 2 aromatic rings. The zero-order valence-electron chi connectivity index (χ0n) is 17.4. The highest BCUT2D eigenvalue weighted by molar-refractivity contribution is 6.04. The molecule has 8 heteroatoms. The lowest BCUT2D eigenvalue weighted by molar-refractivity contribution is -0.125. The van der Waals surface area contributed by atoms with Crippen LogP contribution in [0.2, 0.25) is 0 Å². The molecule has 4 heterocycles. The van der Waals surface area contributed by atoms with Crippen LogP contribution in [-0.4, -0.2) is 49.4 Å². The van der Waals surface area contributed by atoms with Crippen LogP contribution in [0.5, 0.6) is 0 Å². The molecule has 2 aliphatic heterocycles. The van der Waals surface area contributed by atoms with E-state index in [0.29, 0.717) is 24.6 Å². The van der Waals surface area contributed by atoms with E-state index in [1.807, 2.05) is 10.8 Å². The Bertz CT molecular complexity index is 1190. The number of aromatic nitrogens is 4. The van der Waals surface area contributed by atoms with E-state index in [9.17, 15) is 4.79 Å². The lowest BCUT2D eigenvalue weighted by Crippen LogP contribution is -2.27. The highest BCUT2D eigenvalue weighted by atomic mass is 16.2. The SMILES string of the molecule is C=CC(=O)N1CCC(n2nc(C(C)C3=N[C]4CC=CC=C4C=C3)c3c(N)ncnc32)C1. The van der Waals surface area contributed by atoms with E-state index < -0.39 is 0 Å². The maximum absolute atomic E-state index is 12.0. The van der Waals surface area contributed by atoms with Crippen LogP contribution in [0.4, 0.5) is 5.82 Å². The average Bonchev–Trinajstić information content (AvgIpc) is 3.43. The van der Waals surface area contributed by atoms with Crippen molar-refractivity contribution in [2.75, 3.05) is 18.8 Å². The molecule has 1 amide bonds. The number of fused-ring (bicyclic) bond motifs is 2. The van der Waals surface area contributed by atoms with Crippen LogP contribution in [0.1, 0.15) is 37.4 Å². The monoisotopic (exact) mass is 414 g/mol. The molecule has 8 nitrogen and oxygen atoms in total. The van der Waals surface area contributed by atoms with E-state index >= 15 is 0 Å². The van der Waals surface area contributed by atoms with Gasteiger partial charge in [-0.3, -0.25) is 9.79 Å². The zero-order chi connectivity index (χ0) is 21.5. The second-order valence-electron chi connectivity index (χ2n) is 8.01. The Morgan fingerprint density at radius 2 is 2.23 bits per heavy atom. The minimum absolute atomic E-state index is 0.0258. The van der Waals surface area contributed by atoms with E-state index in [1.165, 1.54) is 12.4 Å². The fourth-order valence-electron chi connectivity index (χ4n) is 4.43. The van der Waals surface area contributed by atoms with Gasteiger partial charge in [-0.05, 0) is 30.6 Å². The fraction of sp³-hybridized carbons (Fsp3) is 0.304. The molecule has 157 valence electrons. The van der Waals surface area contributed by atoms with Crippen molar-refractivity contribution < 1.29 is 4.79 Å². The summed E-state index contributed by atoms with van der Waals surface area (Å²) >= 11 is 0. The van der Waals surface area contributed by atoms with Crippen molar-refractivity contribution in [3.8, 4) is 0 Å². The molecule has 0 spiro atoms. The van der Waals surface area contributed by atoms with Crippen LogP contribution < -0.4 is 5.73 Å². The van der Waals surface area contributed by atoms with Gasteiger partial charge in [0.2, 0.25) is 5.91 Å². The van der Waals surface area contributed by atoms with Gasteiger partial charge >= 0.3 is 0 Å². The molecule has 0 bridgehead atoms. The number of nitrogens with zero attached hydrogens (tertiary/aromatic N) is 6. The van der Waals surface area contributed by atoms with Crippen LogP contribution in [0, 0.1) is 6.04 Å². The Kier molecular flexibility index (Phi) is 4.77. The lowest BCUT2D eigenvalue weighted by Gasteiger charge is -2.21. The van der Waals surface area contributed by atoms with Gasteiger partial charge in [-0.2, -0.15) is 5.10 Å². The number of anilines is 1. The normalized spacial score (nSPS) is 21.7. The third kappa shape index (κ3) is 3.28. The minimum atomic E-state index is -0.0828. The van der Waals surface area contributed by atoms with Crippen molar-refractivity contribution in [2.24, 2.45) is 4.99 Å². The number of hydrogen-bond donors (Lipinski definition) is 1. The number of amides is 1. The van der Waals surface area contributed by atoms with Crippen LogP contribution in [0.3, 0.4) is 0 Å². The zero-order valence-corrected chi connectivity index (χ0v) is 17.4. The number of carbonyl (C=O) groups is 1. The molecule has 0 saturated carbocycles. The summed E-state index contributed by atoms with van der Waals surface area (Å²) in [5.74, 6) is 0.260. The smallest absolute Gasteiger partial charge is 0.246 e. The lowest BCUT2D eigenvalue weighted by atomic mass is 9.91. The second-order valence-corrected chi connectivity index (χ2v) is 8.01. The van der Waals surface area contributed by atoms with E-state index in [0.717, 1.165) is 41.2 Å². The van der Waals surface area contributed by atoms with E-state index in [1.54, 1.807) is 4.90 Å². The fourth-order valence-corrected chi connectivity index (χ4v) is 4.43. The molecule has 2 aromatic heterocycles. The minimum Gasteiger partial charge on any atom is -0.383 e. The van der Waals surface area contributed by atoms with Gasteiger partial charge in [0.05, 0.1) is 17.1 Å². The second kappa shape index (κ2) is 7.61. The molecular weight excluding hydrogens is 390 g/mol. The quantitative estimate of drug-likeness (QED) is 0.775. The first-order valence-corrected chi connectivity index (χ1v) is 10.5. The maximum Gasteiger partial charge on any atom is 0.246 e. The summed E-state index contributed by atoms with van der Waals surface area (Å²) < 4.78 is 1.91. The Labute approximate surface area is 180 Å². The first-order chi connectivity index (χ1) is 15.1. The average molecular weight is 414 g/mol. The van der Waals surface area contributed by atoms with Crippen molar-refractivity contribution in [1.29, 1.82) is 0 Å². The molecule has 1 aliphatic carbocycles. The van der Waals surface area contributed by atoms with Gasteiger partial charge in [-0.15, -0.1) is 0 Å². The third-order valence-corrected chi connectivity index (χ3v) is 6.15. The number of rotatable bonds is 4. The number of dihydropyridines is 1. The molecule has 1 fully saturated rings. The predicted octanol–water partition coefficient (Wildman–Crippen LogP) is 2.90. The number of carbonyl (C=O) groups excluding carboxylic acids is 1. The summed E-state index contributed by atoms with van der Waals surface area (Å²) in [5.41, 5.74) is 9.87. The van der Waals surface area contributed by atoms with Gasteiger partial charge in [0.25, 0.3) is 0 Å². The van der Waals surface area contributed by atoms with E-state index in [4.69, 9.17) is 15.8 Å². The number of hydrogen-bond acceptors (Lipinski definition) is 6. The summed E-state index contributed by atoms with van der Waals surface area (Å²) in [7, 11) is 0. The van der Waals surface area contributed by atoms with Crippen molar-refractivity contribution in [2.45, 2.75) is 31.7 Å². The topological polar surface area (TPSA) is 102 Å². The molecule has 1 saturated heterocycles. The summed E-state index contributed by atoms with van der Waals surface area (Å²) in [6, 6.07) is 1.09. The van der Waals surface area contributed by atoms with Crippen molar-refractivity contribution >= 4 is 28.5 Å². The standard InChI is InChI=1S/C23H24N7O/c1-3-19(31)29-11-10-16(12-29)30-23-20(22(24)25-13-26-23)21(28-30)14(2)17-9-8-15-6-4-5-7-18(15)27-17/h3-6,8-9,13-14,16H,1,7,10-12H2,2H3,(H2,24,25,26). The van der Waals surface area contributed by atoms with Gasteiger partial charge in [0.15, 0.2) is 5.65 Å². The maximum atomic E-state index is 12.0. The first-order valence-electron chi connectivity index (χ1n) is 10.5. The van der Waals surface area contributed by atoms with Gasteiger partial charge in [-0.25, -0.2) is 14.6 Å². The molecule has 5 rings (SSSR count). The molecule has 2 atom stereocenters. The van der Waals surface area contributed by atoms with Crippen molar-refractivity contribution in [3.63, 3.8) is 0 Å². The molecule has 3 aliphatic rings. The Hall–Kier alpha value is -3.55. The van der Waals surface area contributed by atoms with Gasteiger partial charge in [0.1, 0.15) is 18.2 Å². The van der Waals surface area contributed by atoms with Crippen LogP contribution >= 0.6 is 0 Å². The van der Waals surface area contributed by atoms with E-state index in [-0.39, 0.29) is 17.9 Å².